The minimum Gasteiger partial charge on any atom is -0.398 e. The normalized spacial score (nSPS) is 11.1. The molecule has 3 N–H and O–H groups in total. The van der Waals surface area contributed by atoms with E-state index in [0.29, 0.717) is 5.69 Å². The third-order valence-corrected chi connectivity index (χ3v) is 4.56. The van der Waals surface area contributed by atoms with Gasteiger partial charge in [-0.2, -0.15) is 0 Å². The van der Waals surface area contributed by atoms with Crippen LogP contribution in [0.1, 0.15) is 0 Å². The molecule has 0 amide bonds. The van der Waals surface area contributed by atoms with Crippen LogP contribution < -0.4 is 5.73 Å². The third-order valence-electron chi connectivity index (χ3n) is 2.77. The summed E-state index contributed by atoms with van der Waals surface area (Å²) < 4.78 is 2.83. The topological polar surface area (TPSA) is 54.7 Å². The van der Waals surface area contributed by atoms with E-state index in [0.717, 1.165) is 35.8 Å². The molecule has 96 valence electrons. The van der Waals surface area contributed by atoms with E-state index in [-0.39, 0.29) is 0 Å². The lowest BCUT2D eigenvalue weighted by atomic mass is 10.2. The molecule has 0 saturated heterocycles. The van der Waals surface area contributed by atoms with E-state index in [1.54, 1.807) is 0 Å². The highest BCUT2D eigenvalue weighted by molar-refractivity contribution is 9.11. The minimum atomic E-state index is 0.693. The number of nitrogens with zero attached hydrogens (tertiary/aromatic N) is 1. The smallest absolute Gasteiger partial charge is 0.138 e. The van der Waals surface area contributed by atoms with Gasteiger partial charge in [-0.1, -0.05) is 15.9 Å². The molecule has 0 saturated carbocycles. The van der Waals surface area contributed by atoms with Gasteiger partial charge in [-0.05, 0) is 62.2 Å². The van der Waals surface area contributed by atoms with E-state index in [1.165, 1.54) is 0 Å². The monoisotopic (exact) mass is 443 g/mol. The fraction of sp³-hybridized carbons (Fsp3) is 0. The van der Waals surface area contributed by atoms with Crippen molar-refractivity contribution in [1.29, 1.82) is 0 Å². The standard InChI is InChI=1S/C13H8Br3N3/c14-7-4-9(16)12-11(5-7)18-13(19-12)6-1-2-8(15)10(17)3-6/h1-5H,17H2,(H,18,19). The number of benzene rings is 2. The predicted octanol–water partition coefficient (Wildman–Crippen LogP) is 5.10. The van der Waals surface area contributed by atoms with Gasteiger partial charge in [0, 0.05) is 24.7 Å². The number of rotatable bonds is 1. The summed E-state index contributed by atoms with van der Waals surface area (Å²) in [5.74, 6) is 0.799. The number of nitrogens with one attached hydrogen (secondary N) is 1. The molecule has 0 aliphatic carbocycles. The van der Waals surface area contributed by atoms with Crippen LogP contribution in [0.15, 0.2) is 43.7 Å². The number of imidazole rings is 1. The Bertz CT molecular complexity index is 780. The number of fused-ring (bicyclic) bond motifs is 1. The zero-order valence-corrected chi connectivity index (χ0v) is 14.3. The zero-order valence-electron chi connectivity index (χ0n) is 9.55. The Morgan fingerprint density at radius 1 is 1.00 bits per heavy atom. The van der Waals surface area contributed by atoms with Gasteiger partial charge in [0.15, 0.2) is 0 Å². The molecule has 19 heavy (non-hydrogen) atoms. The molecular weight excluding hydrogens is 438 g/mol. The van der Waals surface area contributed by atoms with Crippen molar-refractivity contribution in [3.05, 3.63) is 43.7 Å². The van der Waals surface area contributed by atoms with Gasteiger partial charge in [-0.3, -0.25) is 0 Å². The molecule has 3 nitrogen and oxygen atoms in total. The van der Waals surface area contributed by atoms with Crippen molar-refractivity contribution in [1.82, 2.24) is 9.97 Å². The van der Waals surface area contributed by atoms with Crippen molar-refractivity contribution in [2.75, 3.05) is 5.73 Å². The van der Waals surface area contributed by atoms with Gasteiger partial charge in [0.1, 0.15) is 11.3 Å². The van der Waals surface area contributed by atoms with Gasteiger partial charge < -0.3 is 10.7 Å². The summed E-state index contributed by atoms with van der Waals surface area (Å²) in [5.41, 5.74) is 9.42. The van der Waals surface area contributed by atoms with E-state index in [9.17, 15) is 0 Å². The van der Waals surface area contributed by atoms with Crippen molar-refractivity contribution in [2.24, 2.45) is 0 Å². The van der Waals surface area contributed by atoms with Crippen molar-refractivity contribution in [3.8, 4) is 11.4 Å². The SMILES string of the molecule is Nc1cc(-c2nc3c(Br)cc(Br)cc3[nH]2)ccc1Br. The number of nitrogen functional groups attached to an aromatic ring is 1. The average molecular weight is 446 g/mol. The van der Waals surface area contributed by atoms with E-state index in [1.807, 2.05) is 30.3 Å². The maximum atomic E-state index is 5.90. The zero-order chi connectivity index (χ0) is 13.6. The maximum absolute atomic E-state index is 5.90. The van der Waals surface area contributed by atoms with Gasteiger partial charge in [0.05, 0.1) is 5.52 Å². The number of halogens is 3. The van der Waals surface area contributed by atoms with Crippen molar-refractivity contribution >= 4 is 64.5 Å². The molecular formula is C13H8Br3N3. The molecule has 1 aromatic heterocycles. The molecule has 3 rings (SSSR count). The first kappa shape index (κ1) is 13.1. The Morgan fingerprint density at radius 3 is 2.53 bits per heavy atom. The summed E-state index contributed by atoms with van der Waals surface area (Å²) >= 11 is 10.4. The first-order valence-corrected chi connectivity index (χ1v) is 7.82. The Labute approximate surface area is 135 Å². The van der Waals surface area contributed by atoms with Crippen LogP contribution in [0.3, 0.4) is 0 Å². The second kappa shape index (κ2) is 4.92. The number of aromatic amines is 1. The molecule has 1 heterocycles. The second-order valence-electron chi connectivity index (χ2n) is 4.11. The van der Waals surface area contributed by atoms with Gasteiger partial charge in [-0.15, -0.1) is 0 Å². The number of aromatic nitrogens is 2. The van der Waals surface area contributed by atoms with Gasteiger partial charge in [0.2, 0.25) is 0 Å². The summed E-state index contributed by atoms with van der Waals surface area (Å²) in [6.45, 7) is 0. The molecule has 0 spiro atoms. The first-order chi connectivity index (χ1) is 9.04. The summed E-state index contributed by atoms with van der Waals surface area (Å²) in [6, 6.07) is 9.76. The number of hydrogen-bond donors (Lipinski definition) is 2. The van der Waals surface area contributed by atoms with Crippen LogP contribution in [-0.2, 0) is 0 Å². The van der Waals surface area contributed by atoms with Crippen LogP contribution in [-0.4, -0.2) is 9.97 Å². The molecule has 3 aromatic rings. The Hall–Kier alpha value is -0.850. The van der Waals surface area contributed by atoms with Crippen LogP contribution in [0.5, 0.6) is 0 Å². The lowest BCUT2D eigenvalue weighted by molar-refractivity contribution is 1.33. The molecule has 0 radical (unpaired) electrons. The fourth-order valence-corrected chi connectivity index (χ4v) is 3.43. The molecule has 0 fully saturated rings. The summed E-state index contributed by atoms with van der Waals surface area (Å²) in [7, 11) is 0. The van der Waals surface area contributed by atoms with E-state index < -0.39 is 0 Å². The number of H-pyrrole nitrogens is 1. The average Bonchev–Trinajstić information content (AvgIpc) is 2.76. The van der Waals surface area contributed by atoms with Crippen LogP contribution in [0.2, 0.25) is 0 Å². The lowest BCUT2D eigenvalue weighted by Crippen LogP contribution is -1.88. The number of anilines is 1. The van der Waals surface area contributed by atoms with E-state index in [2.05, 4.69) is 57.8 Å². The lowest BCUT2D eigenvalue weighted by Gasteiger charge is -2.00. The predicted molar refractivity (Wildman–Crippen MR) is 89.0 cm³/mol. The van der Waals surface area contributed by atoms with E-state index in [4.69, 9.17) is 5.73 Å². The van der Waals surface area contributed by atoms with Crippen LogP contribution in [0.25, 0.3) is 22.4 Å². The Morgan fingerprint density at radius 2 is 1.79 bits per heavy atom. The summed E-state index contributed by atoms with van der Waals surface area (Å²) in [6.07, 6.45) is 0. The maximum Gasteiger partial charge on any atom is 0.138 e. The Kier molecular flexibility index (Phi) is 3.41. The first-order valence-electron chi connectivity index (χ1n) is 5.45. The summed E-state index contributed by atoms with van der Waals surface area (Å²) in [5, 5.41) is 0. The second-order valence-corrected chi connectivity index (χ2v) is 6.73. The molecule has 0 aliphatic heterocycles. The fourth-order valence-electron chi connectivity index (χ4n) is 1.87. The van der Waals surface area contributed by atoms with Crippen molar-refractivity contribution < 1.29 is 0 Å². The highest BCUT2D eigenvalue weighted by Gasteiger charge is 2.10. The van der Waals surface area contributed by atoms with Crippen LogP contribution in [0, 0.1) is 0 Å². The van der Waals surface area contributed by atoms with Crippen LogP contribution >= 0.6 is 47.8 Å². The number of nitrogens with two attached hydrogens (primary N) is 1. The Balaban J connectivity index is 2.20. The molecule has 0 bridgehead atoms. The number of hydrogen-bond acceptors (Lipinski definition) is 2. The largest absolute Gasteiger partial charge is 0.398 e. The van der Waals surface area contributed by atoms with Crippen molar-refractivity contribution in [3.63, 3.8) is 0 Å². The molecule has 6 heteroatoms. The van der Waals surface area contributed by atoms with Crippen LogP contribution in [0.4, 0.5) is 5.69 Å². The molecule has 0 aliphatic rings. The van der Waals surface area contributed by atoms with E-state index >= 15 is 0 Å². The highest BCUT2D eigenvalue weighted by Crippen LogP contribution is 2.31. The van der Waals surface area contributed by atoms with Gasteiger partial charge in [-0.25, -0.2) is 4.98 Å². The third kappa shape index (κ3) is 2.44. The van der Waals surface area contributed by atoms with Gasteiger partial charge in [0.25, 0.3) is 0 Å². The molecule has 2 aromatic carbocycles. The van der Waals surface area contributed by atoms with Gasteiger partial charge >= 0.3 is 0 Å². The molecule has 0 unspecified atom stereocenters. The highest BCUT2D eigenvalue weighted by atomic mass is 79.9. The minimum absolute atomic E-state index is 0.693. The summed E-state index contributed by atoms with van der Waals surface area (Å²) in [4.78, 5) is 7.90. The molecule has 0 atom stereocenters. The quantitative estimate of drug-likeness (QED) is 0.512. The van der Waals surface area contributed by atoms with Crippen molar-refractivity contribution in [2.45, 2.75) is 0 Å².